The molecule has 3 heteroatoms. The zero-order valence-electron chi connectivity index (χ0n) is 17.7. The first-order valence-corrected chi connectivity index (χ1v) is 11.5. The molecule has 3 heterocycles. The molecule has 8 rings (SSSR count). The van der Waals surface area contributed by atoms with Gasteiger partial charge in [-0.2, -0.15) is 0 Å². The van der Waals surface area contributed by atoms with Gasteiger partial charge in [0, 0.05) is 29.9 Å². The molecular weight excluding hydrogens is 356 g/mol. The summed E-state index contributed by atoms with van der Waals surface area (Å²) in [5, 5.41) is 1.33. The zero-order chi connectivity index (χ0) is 19.5. The van der Waals surface area contributed by atoms with Crippen LogP contribution in [0, 0.1) is 30.6 Å². The lowest BCUT2D eigenvalue weighted by atomic mass is 9.48. The summed E-state index contributed by atoms with van der Waals surface area (Å²) in [4.78, 5) is 2.83. The normalized spacial score (nSPS) is 37.2. The van der Waals surface area contributed by atoms with Crippen molar-refractivity contribution in [3.8, 4) is 0 Å². The molecule has 150 valence electrons. The van der Waals surface area contributed by atoms with Crippen molar-refractivity contribution in [1.82, 2.24) is 4.57 Å². The molecule has 3 nitrogen and oxygen atoms in total. The van der Waals surface area contributed by atoms with Gasteiger partial charge in [0.2, 0.25) is 5.71 Å². The van der Waals surface area contributed by atoms with Gasteiger partial charge in [-0.25, -0.2) is 0 Å². The van der Waals surface area contributed by atoms with Crippen molar-refractivity contribution >= 4 is 16.8 Å². The van der Waals surface area contributed by atoms with Crippen LogP contribution in [0.4, 0.5) is 5.69 Å². The van der Waals surface area contributed by atoms with Crippen molar-refractivity contribution in [2.75, 3.05) is 4.90 Å². The molecule has 1 spiro atoms. The molecule has 1 atom stereocenters. The number of hydrogen-bond acceptors (Lipinski definition) is 2. The van der Waals surface area contributed by atoms with Crippen LogP contribution in [0.15, 0.2) is 40.9 Å². The molecular formula is C26H30N2O. The molecule has 1 aromatic carbocycles. The van der Waals surface area contributed by atoms with Crippen molar-refractivity contribution in [3.05, 3.63) is 53.4 Å². The number of rotatable bonds is 1. The highest BCUT2D eigenvalue weighted by Crippen LogP contribution is 2.69. The third-order valence-corrected chi connectivity index (χ3v) is 9.07. The van der Waals surface area contributed by atoms with E-state index in [1.54, 1.807) is 0 Å². The first kappa shape index (κ1) is 16.6. The quantitative estimate of drug-likeness (QED) is 0.488. The lowest BCUT2D eigenvalue weighted by Crippen LogP contribution is -2.62. The molecule has 29 heavy (non-hydrogen) atoms. The Labute approximate surface area is 172 Å². The second-order valence-electron chi connectivity index (χ2n) is 10.5. The van der Waals surface area contributed by atoms with E-state index in [0.29, 0.717) is 6.04 Å². The fourth-order valence-corrected chi connectivity index (χ4v) is 8.30. The number of hydrogen-bond donors (Lipinski definition) is 0. The molecule has 0 saturated heterocycles. The van der Waals surface area contributed by atoms with E-state index in [0.717, 1.165) is 29.4 Å². The van der Waals surface area contributed by atoms with E-state index in [-0.39, 0.29) is 5.54 Å². The number of furan rings is 1. The van der Waals surface area contributed by atoms with Crippen molar-refractivity contribution in [3.63, 3.8) is 0 Å². The summed E-state index contributed by atoms with van der Waals surface area (Å²) in [5.41, 5.74) is 5.40. The lowest BCUT2D eigenvalue weighted by molar-refractivity contribution is -0.0680. The highest BCUT2D eigenvalue weighted by atomic mass is 16.4. The minimum absolute atomic E-state index is 0.0489. The molecule has 0 amide bonds. The lowest BCUT2D eigenvalue weighted by Gasteiger charge is -2.63. The van der Waals surface area contributed by atoms with Crippen molar-refractivity contribution in [2.45, 2.75) is 57.5 Å². The number of benzene rings is 1. The molecule has 4 saturated carbocycles. The highest BCUT2D eigenvalue weighted by Gasteiger charge is 2.67. The van der Waals surface area contributed by atoms with Crippen molar-refractivity contribution < 1.29 is 4.42 Å². The Bertz CT molecular complexity index is 1110. The van der Waals surface area contributed by atoms with Gasteiger partial charge in [-0.05, 0) is 87.3 Å². The molecule has 2 aromatic heterocycles. The third kappa shape index (κ3) is 1.82. The Morgan fingerprint density at radius 2 is 1.66 bits per heavy atom. The molecule has 0 radical (unpaired) electrons. The number of aromatic nitrogens is 1. The molecule has 4 bridgehead atoms. The van der Waals surface area contributed by atoms with Gasteiger partial charge in [0.15, 0.2) is 0 Å². The van der Waals surface area contributed by atoms with Crippen molar-refractivity contribution in [1.29, 1.82) is 0 Å². The number of fused-ring (bicyclic) bond motifs is 3. The van der Waals surface area contributed by atoms with Gasteiger partial charge in [0.1, 0.15) is 11.3 Å². The Balaban J connectivity index is 1.54. The average Bonchev–Trinajstić information content (AvgIpc) is 3.31. The van der Waals surface area contributed by atoms with Crippen LogP contribution >= 0.6 is 0 Å². The maximum Gasteiger partial charge on any atom is 0.207 e. The highest BCUT2D eigenvalue weighted by molar-refractivity contribution is 5.84. The number of para-hydroxylation sites is 1. The Hall–Kier alpha value is -2.16. The Morgan fingerprint density at radius 3 is 2.34 bits per heavy atom. The van der Waals surface area contributed by atoms with E-state index < -0.39 is 0 Å². The van der Waals surface area contributed by atoms with Crippen LogP contribution in [-0.4, -0.2) is 4.57 Å². The number of nitrogens with zero attached hydrogens (tertiary/aromatic N) is 2. The van der Waals surface area contributed by atoms with Crippen LogP contribution in [0.3, 0.4) is 0 Å². The minimum atomic E-state index is 0.0489. The molecule has 1 aliphatic heterocycles. The predicted octanol–water partition coefficient (Wildman–Crippen LogP) is 6.31. The van der Waals surface area contributed by atoms with Crippen LogP contribution < -0.4 is 4.90 Å². The van der Waals surface area contributed by atoms with Crippen LogP contribution in [0.1, 0.15) is 62.0 Å². The van der Waals surface area contributed by atoms with E-state index in [1.807, 2.05) is 0 Å². The van der Waals surface area contributed by atoms with E-state index >= 15 is 0 Å². The summed E-state index contributed by atoms with van der Waals surface area (Å²) in [6.07, 6.45) is 9.19. The molecule has 0 unspecified atom stereocenters. The summed E-state index contributed by atoms with van der Waals surface area (Å²) in [6.45, 7) is 4.71. The second-order valence-corrected chi connectivity index (χ2v) is 10.5. The molecule has 3 aromatic rings. The summed E-state index contributed by atoms with van der Waals surface area (Å²) >= 11 is 0. The maximum absolute atomic E-state index is 6.84. The topological polar surface area (TPSA) is 21.3 Å². The predicted molar refractivity (Wildman–Crippen MR) is 116 cm³/mol. The standard InChI is InChI=1S/C26H30N2O/c1-15-6-4-5-7-22(15)28-16(2)23-21-8-9-27(3)25(21)29-24(23)26(28)19-11-17-10-18(13-19)14-20(26)12-17/h4-9,16-20H,10-14H2,1-3H3/t16-,17?,18?,19?,20?,26?/m0/s1. The van der Waals surface area contributed by atoms with Crippen LogP contribution in [-0.2, 0) is 12.6 Å². The van der Waals surface area contributed by atoms with Gasteiger partial charge in [0.25, 0.3) is 0 Å². The first-order chi connectivity index (χ1) is 14.1. The van der Waals surface area contributed by atoms with E-state index in [4.69, 9.17) is 4.42 Å². The summed E-state index contributed by atoms with van der Waals surface area (Å²) in [5.74, 6) is 4.67. The van der Waals surface area contributed by atoms with Gasteiger partial charge in [-0.1, -0.05) is 18.2 Å². The fraction of sp³-hybridized carbons (Fsp3) is 0.538. The number of aryl methyl sites for hydroxylation is 2. The van der Waals surface area contributed by atoms with Crippen molar-refractivity contribution in [2.24, 2.45) is 30.7 Å². The summed E-state index contributed by atoms with van der Waals surface area (Å²) in [6, 6.07) is 11.7. The molecule has 5 aliphatic rings. The molecule has 4 aliphatic carbocycles. The van der Waals surface area contributed by atoms with E-state index in [1.165, 1.54) is 60.1 Å². The Morgan fingerprint density at radius 1 is 0.966 bits per heavy atom. The van der Waals surface area contributed by atoms with Gasteiger partial charge >= 0.3 is 0 Å². The summed E-state index contributed by atoms with van der Waals surface area (Å²) < 4.78 is 9.01. The summed E-state index contributed by atoms with van der Waals surface area (Å²) in [7, 11) is 2.12. The SMILES string of the molecule is Cc1ccccc1N1[C@@H](C)c2c(oc3c2ccn3C)C12C1CC3CC(C1)CC2C3. The fourth-order valence-electron chi connectivity index (χ4n) is 8.30. The Kier molecular flexibility index (Phi) is 3.04. The van der Waals surface area contributed by atoms with Crippen LogP contribution in [0.25, 0.3) is 11.1 Å². The zero-order valence-corrected chi connectivity index (χ0v) is 17.7. The average molecular weight is 387 g/mol. The minimum Gasteiger partial charge on any atom is -0.442 e. The van der Waals surface area contributed by atoms with Gasteiger partial charge in [-0.15, -0.1) is 0 Å². The first-order valence-electron chi connectivity index (χ1n) is 11.5. The van der Waals surface area contributed by atoms with E-state index in [2.05, 4.69) is 66.9 Å². The second kappa shape index (κ2) is 5.30. The van der Waals surface area contributed by atoms with Gasteiger partial charge < -0.3 is 13.9 Å². The van der Waals surface area contributed by atoms with Gasteiger partial charge in [-0.3, -0.25) is 0 Å². The maximum atomic E-state index is 6.84. The van der Waals surface area contributed by atoms with Crippen LogP contribution in [0.2, 0.25) is 0 Å². The monoisotopic (exact) mass is 386 g/mol. The van der Waals surface area contributed by atoms with E-state index in [9.17, 15) is 0 Å². The largest absolute Gasteiger partial charge is 0.442 e. The molecule has 0 N–H and O–H groups in total. The smallest absolute Gasteiger partial charge is 0.207 e. The third-order valence-electron chi connectivity index (χ3n) is 9.07. The van der Waals surface area contributed by atoms with Crippen LogP contribution in [0.5, 0.6) is 0 Å². The van der Waals surface area contributed by atoms with Gasteiger partial charge in [0.05, 0.1) is 6.04 Å². The molecule has 4 fully saturated rings. The number of anilines is 1.